The molecule has 0 amide bonds. The Labute approximate surface area is 112 Å². The van der Waals surface area contributed by atoms with Gasteiger partial charge in [-0.25, -0.2) is 0 Å². The SMILES string of the molecule is CC(CNCc1ccco1)Oc1ccccc1Cl. The van der Waals surface area contributed by atoms with Crippen molar-refractivity contribution in [1.82, 2.24) is 5.32 Å². The molecule has 0 saturated heterocycles. The Kier molecular flexibility index (Phi) is 4.67. The third kappa shape index (κ3) is 3.79. The largest absolute Gasteiger partial charge is 0.488 e. The van der Waals surface area contributed by atoms with Crippen LogP contribution >= 0.6 is 11.6 Å². The molecule has 0 saturated carbocycles. The lowest BCUT2D eigenvalue weighted by Gasteiger charge is -2.15. The van der Waals surface area contributed by atoms with Crippen LogP contribution in [0.2, 0.25) is 5.02 Å². The van der Waals surface area contributed by atoms with Crippen LogP contribution in [0.4, 0.5) is 0 Å². The zero-order valence-corrected chi connectivity index (χ0v) is 11.0. The summed E-state index contributed by atoms with van der Waals surface area (Å²) in [6, 6.07) is 11.3. The molecule has 1 aromatic carbocycles. The fourth-order valence-electron chi connectivity index (χ4n) is 1.61. The van der Waals surface area contributed by atoms with Crippen LogP contribution in [0.1, 0.15) is 12.7 Å². The summed E-state index contributed by atoms with van der Waals surface area (Å²) in [5.74, 6) is 1.63. The molecule has 1 N–H and O–H groups in total. The lowest BCUT2D eigenvalue weighted by molar-refractivity contribution is 0.215. The predicted molar refractivity (Wildman–Crippen MR) is 72.0 cm³/mol. The summed E-state index contributed by atoms with van der Waals surface area (Å²) in [6.07, 6.45) is 1.71. The number of hydrogen-bond donors (Lipinski definition) is 1. The summed E-state index contributed by atoms with van der Waals surface area (Å²) in [5.41, 5.74) is 0. The van der Waals surface area contributed by atoms with E-state index in [-0.39, 0.29) is 6.10 Å². The van der Waals surface area contributed by atoms with Crippen molar-refractivity contribution in [1.29, 1.82) is 0 Å². The standard InChI is InChI=1S/C14H16ClNO2/c1-11(9-16-10-12-5-4-8-17-12)18-14-7-3-2-6-13(14)15/h2-8,11,16H,9-10H2,1H3. The Balaban J connectivity index is 1.75. The Morgan fingerprint density at radius 1 is 1.28 bits per heavy atom. The van der Waals surface area contributed by atoms with Crippen LogP contribution in [0, 0.1) is 0 Å². The van der Waals surface area contributed by atoms with Crippen molar-refractivity contribution in [3.8, 4) is 5.75 Å². The van der Waals surface area contributed by atoms with E-state index in [1.807, 2.05) is 43.3 Å². The van der Waals surface area contributed by atoms with Crippen LogP contribution in [0.25, 0.3) is 0 Å². The van der Waals surface area contributed by atoms with Gasteiger partial charge in [-0.2, -0.15) is 0 Å². The van der Waals surface area contributed by atoms with Gasteiger partial charge in [0.1, 0.15) is 17.6 Å². The number of nitrogens with one attached hydrogen (secondary N) is 1. The van der Waals surface area contributed by atoms with E-state index in [2.05, 4.69) is 5.32 Å². The Hall–Kier alpha value is -1.45. The van der Waals surface area contributed by atoms with Gasteiger partial charge >= 0.3 is 0 Å². The van der Waals surface area contributed by atoms with Crippen LogP contribution in [0.15, 0.2) is 47.1 Å². The molecule has 1 atom stereocenters. The number of rotatable bonds is 6. The van der Waals surface area contributed by atoms with Gasteiger partial charge in [0.15, 0.2) is 0 Å². The van der Waals surface area contributed by atoms with E-state index in [4.69, 9.17) is 20.8 Å². The molecule has 0 aliphatic heterocycles. The van der Waals surface area contributed by atoms with Crippen molar-refractivity contribution < 1.29 is 9.15 Å². The molecule has 18 heavy (non-hydrogen) atoms. The number of hydrogen-bond acceptors (Lipinski definition) is 3. The van der Waals surface area contributed by atoms with E-state index in [0.29, 0.717) is 17.3 Å². The van der Waals surface area contributed by atoms with Gasteiger partial charge in [0, 0.05) is 6.54 Å². The fourth-order valence-corrected chi connectivity index (χ4v) is 1.79. The highest BCUT2D eigenvalue weighted by Crippen LogP contribution is 2.23. The van der Waals surface area contributed by atoms with Crippen LogP contribution in [-0.4, -0.2) is 12.6 Å². The third-order valence-corrected chi connectivity index (χ3v) is 2.79. The van der Waals surface area contributed by atoms with E-state index < -0.39 is 0 Å². The molecule has 0 bridgehead atoms. The highest BCUT2D eigenvalue weighted by atomic mass is 35.5. The first-order chi connectivity index (χ1) is 8.75. The minimum atomic E-state index is 0.0415. The molecule has 0 aliphatic carbocycles. The van der Waals surface area contributed by atoms with Crippen molar-refractivity contribution >= 4 is 11.6 Å². The van der Waals surface area contributed by atoms with Gasteiger partial charge in [-0.1, -0.05) is 23.7 Å². The molecule has 0 aliphatic rings. The molecule has 0 fully saturated rings. The molecule has 2 aromatic rings. The molecule has 0 spiro atoms. The average molecular weight is 266 g/mol. The van der Waals surface area contributed by atoms with Crippen LogP contribution in [0.5, 0.6) is 5.75 Å². The van der Waals surface area contributed by atoms with E-state index >= 15 is 0 Å². The van der Waals surface area contributed by atoms with Gasteiger partial charge in [0.2, 0.25) is 0 Å². The molecule has 4 heteroatoms. The fraction of sp³-hybridized carbons (Fsp3) is 0.286. The van der Waals surface area contributed by atoms with E-state index in [0.717, 1.165) is 12.3 Å². The smallest absolute Gasteiger partial charge is 0.138 e. The van der Waals surface area contributed by atoms with E-state index in [1.165, 1.54) is 0 Å². The van der Waals surface area contributed by atoms with Crippen molar-refractivity contribution in [2.24, 2.45) is 0 Å². The summed E-state index contributed by atoms with van der Waals surface area (Å²) >= 11 is 6.02. The number of halogens is 1. The zero-order valence-electron chi connectivity index (χ0n) is 10.2. The van der Waals surface area contributed by atoms with E-state index in [9.17, 15) is 0 Å². The molecule has 1 unspecified atom stereocenters. The normalized spacial score (nSPS) is 12.3. The monoisotopic (exact) mass is 265 g/mol. The third-order valence-electron chi connectivity index (χ3n) is 2.48. The summed E-state index contributed by atoms with van der Waals surface area (Å²) in [5, 5.41) is 3.90. The minimum absolute atomic E-state index is 0.0415. The topological polar surface area (TPSA) is 34.4 Å². The maximum atomic E-state index is 6.02. The molecule has 1 heterocycles. The second-order valence-corrected chi connectivity index (χ2v) is 4.48. The zero-order chi connectivity index (χ0) is 12.8. The van der Waals surface area contributed by atoms with Crippen LogP contribution < -0.4 is 10.1 Å². The van der Waals surface area contributed by atoms with Gasteiger partial charge in [-0.3, -0.25) is 0 Å². The molecule has 1 aromatic heterocycles. The summed E-state index contributed by atoms with van der Waals surface area (Å²) < 4.78 is 11.0. The molecule has 96 valence electrons. The maximum absolute atomic E-state index is 6.02. The maximum Gasteiger partial charge on any atom is 0.138 e. The lowest BCUT2D eigenvalue weighted by atomic mass is 10.3. The molecule has 2 rings (SSSR count). The first-order valence-electron chi connectivity index (χ1n) is 5.90. The van der Waals surface area contributed by atoms with Gasteiger partial charge in [-0.05, 0) is 31.2 Å². The van der Waals surface area contributed by atoms with E-state index in [1.54, 1.807) is 6.26 Å². The number of benzene rings is 1. The summed E-state index contributed by atoms with van der Waals surface area (Å²) in [6.45, 7) is 3.42. The Bertz CT molecular complexity index is 470. The lowest BCUT2D eigenvalue weighted by Crippen LogP contribution is -2.28. The highest BCUT2D eigenvalue weighted by molar-refractivity contribution is 6.32. The highest BCUT2D eigenvalue weighted by Gasteiger charge is 2.06. The predicted octanol–water partition coefficient (Wildman–Crippen LogP) is 3.49. The first kappa shape index (κ1) is 13.0. The quantitative estimate of drug-likeness (QED) is 0.868. The average Bonchev–Trinajstić information content (AvgIpc) is 2.85. The Morgan fingerprint density at radius 2 is 2.11 bits per heavy atom. The number of ether oxygens (including phenoxy) is 1. The van der Waals surface area contributed by atoms with Crippen LogP contribution in [0.3, 0.4) is 0 Å². The van der Waals surface area contributed by atoms with Crippen molar-refractivity contribution in [3.63, 3.8) is 0 Å². The molecule has 0 radical (unpaired) electrons. The van der Waals surface area contributed by atoms with Crippen LogP contribution in [-0.2, 0) is 6.54 Å². The van der Waals surface area contributed by atoms with Gasteiger partial charge in [-0.15, -0.1) is 0 Å². The summed E-state index contributed by atoms with van der Waals surface area (Å²) in [4.78, 5) is 0. The van der Waals surface area contributed by atoms with Gasteiger partial charge in [0.25, 0.3) is 0 Å². The van der Waals surface area contributed by atoms with Gasteiger partial charge in [0.05, 0.1) is 17.8 Å². The van der Waals surface area contributed by atoms with Gasteiger partial charge < -0.3 is 14.5 Å². The second-order valence-electron chi connectivity index (χ2n) is 4.07. The number of para-hydroxylation sites is 1. The minimum Gasteiger partial charge on any atom is -0.488 e. The van der Waals surface area contributed by atoms with Crippen molar-refractivity contribution in [2.45, 2.75) is 19.6 Å². The second kappa shape index (κ2) is 6.47. The molecular formula is C14H16ClNO2. The Morgan fingerprint density at radius 3 is 2.83 bits per heavy atom. The summed E-state index contributed by atoms with van der Waals surface area (Å²) in [7, 11) is 0. The molecule has 3 nitrogen and oxygen atoms in total. The molecular weight excluding hydrogens is 250 g/mol. The first-order valence-corrected chi connectivity index (χ1v) is 6.28. The van der Waals surface area contributed by atoms with Crippen molar-refractivity contribution in [3.05, 3.63) is 53.4 Å². The van der Waals surface area contributed by atoms with Crippen molar-refractivity contribution in [2.75, 3.05) is 6.54 Å². The number of furan rings is 1.